The van der Waals surface area contributed by atoms with Crippen LogP contribution in [0.3, 0.4) is 0 Å². The third-order valence-corrected chi connectivity index (χ3v) is 3.26. The third kappa shape index (κ3) is 3.21. The molecule has 2 nitrogen and oxygen atoms in total. The van der Waals surface area contributed by atoms with Gasteiger partial charge < -0.3 is 10.2 Å². The lowest BCUT2D eigenvalue weighted by atomic mass is 10.2. The van der Waals surface area contributed by atoms with Crippen molar-refractivity contribution in [1.82, 2.24) is 5.32 Å². The number of rotatable bonds is 1. The maximum atomic E-state index is 3.52. The highest BCUT2D eigenvalue weighted by Crippen LogP contribution is 2.20. The number of hydrogen-bond acceptors (Lipinski definition) is 2. The number of benzene rings is 1. The van der Waals surface area contributed by atoms with E-state index in [1.54, 1.807) is 0 Å². The Morgan fingerprint density at radius 3 is 2.93 bits per heavy atom. The largest absolute Gasteiger partial charge is 0.370 e. The molecular formula is C12H17BrN2. The highest BCUT2D eigenvalue weighted by molar-refractivity contribution is 9.10. The summed E-state index contributed by atoms with van der Waals surface area (Å²) in [5, 5.41) is 3.45. The fraction of sp³-hybridized carbons (Fsp3) is 0.500. The standard InChI is InChI=1S/C12H17BrN2/c13-11-4-3-5-12(10-11)15-8-2-1-6-14-7-9-15/h3-5,10,14H,1-2,6-9H2. The Labute approximate surface area is 99.8 Å². The van der Waals surface area contributed by atoms with Crippen molar-refractivity contribution in [2.45, 2.75) is 12.8 Å². The third-order valence-electron chi connectivity index (χ3n) is 2.76. The first-order valence-electron chi connectivity index (χ1n) is 5.57. The Bertz CT molecular complexity index is 306. The van der Waals surface area contributed by atoms with Gasteiger partial charge in [-0.2, -0.15) is 0 Å². The van der Waals surface area contributed by atoms with Gasteiger partial charge in [-0.05, 0) is 37.6 Å². The van der Waals surface area contributed by atoms with Crippen molar-refractivity contribution >= 4 is 21.6 Å². The first kappa shape index (κ1) is 11.0. The summed E-state index contributed by atoms with van der Waals surface area (Å²) in [6, 6.07) is 8.56. The summed E-state index contributed by atoms with van der Waals surface area (Å²) in [6.07, 6.45) is 2.56. The molecule has 15 heavy (non-hydrogen) atoms. The van der Waals surface area contributed by atoms with E-state index in [1.165, 1.54) is 31.6 Å². The molecule has 1 fully saturated rings. The molecule has 0 unspecified atom stereocenters. The normalized spacial score (nSPS) is 18.3. The van der Waals surface area contributed by atoms with Gasteiger partial charge in [-0.25, -0.2) is 0 Å². The zero-order valence-electron chi connectivity index (χ0n) is 8.88. The van der Waals surface area contributed by atoms with Crippen LogP contribution in [0, 0.1) is 0 Å². The molecule has 0 saturated carbocycles. The first-order chi connectivity index (χ1) is 7.36. The number of anilines is 1. The smallest absolute Gasteiger partial charge is 0.0377 e. The van der Waals surface area contributed by atoms with Gasteiger partial charge in [-0.1, -0.05) is 22.0 Å². The zero-order chi connectivity index (χ0) is 10.5. The molecule has 0 amide bonds. The molecule has 0 spiro atoms. The molecule has 1 aromatic carbocycles. The summed E-state index contributed by atoms with van der Waals surface area (Å²) in [5.74, 6) is 0. The minimum Gasteiger partial charge on any atom is -0.370 e. The van der Waals surface area contributed by atoms with Crippen LogP contribution >= 0.6 is 15.9 Å². The highest BCUT2D eigenvalue weighted by Gasteiger charge is 2.08. The van der Waals surface area contributed by atoms with E-state index in [-0.39, 0.29) is 0 Å². The summed E-state index contributed by atoms with van der Waals surface area (Å²) >= 11 is 3.52. The Balaban J connectivity index is 2.06. The molecule has 3 heteroatoms. The molecule has 82 valence electrons. The first-order valence-corrected chi connectivity index (χ1v) is 6.37. The van der Waals surface area contributed by atoms with Gasteiger partial charge in [-0.3, -0.25) is 0 Å². The molecule has 1 N–H and O–H groups in total. The molecule has 0 aromatic heterocycles. The number of hydrogen-bond donors (Lipinski definition) is 1. The fourth-order valence-electron chi connectivity index (χ4n) is 1.93. The Morgan fingerprint density at radius 2 is 2.07 bits per heavy atom. The molecular weight excluding hydrogens is 252 g/mol. The predicted molar refractivity (Wildman–Crippen MR) is 68.5 cm³/mol. The van der Waals surface area contributed by atoms with Gasteiger partial charge in [-0.15, -0.1) is 0 Å². The lowest BCUT2D eigenvalue weighted by Gasteiger charge is -2.27. The maximum Gasteiger partial charge on any atom is 0.0377 e. The van der Waals surface area contributed by atoms with Crippen LogP contribution in [0.15, 0.2) is 28.7 Å². The van der Waals surface area contributed by atoms with Crippen LogP contribution in [0.2, 0.25) is 0 Å². The summed E-state index contributed by atoms with van der Waals surface area (Å²) in [7, 11) is 0. The Kier molecular flexibility index (Phi) is 4.03. The minimum absolute atomic E-state index is 1.09. The SMILES string of the molecule is Brc1cccc(N2CCCCNCC2)c1. The van der Waals surface area contributed by atoms with Crippen molar-refractivity contribution in [2.75, 3.05) is 31.1 Å². The second kappa shape index (κ2) is 5.52. The second-order valence-corrected chi connectivity index (χ2v) is 4.84. The van der Waals surface area contributed by atoms with Gasteiger partial charge in [0.25, 0.3) is 0 Å². The van der Waals surface area contributed by atoms with Gasteiger partial charge in [0.2, 0.25) is 0 Å². The molecule has 1 heterocycles. The predicted octanol–water partition coefficient (Wildman–Crippen LogP) is 2.64. The summed E-state index contributed by atoms with van der Waals surface area (Å²) in [4.78, 5) is 2.46. The topological polar surface area (TPSA) is 15.3 Å². The molecule has 1 saturated heterocycles. The van der Waals surface area contributed by atoms with E-state index in [0.717, 1.165) is 17.6 Å². The monoisotopic (exact) mass is 268 g/mol. The Morgan fingerprint density at radius 1 is 1.13 bits per heavy atom. The molecule has 1 aromatic rings. The number of nitrogens with zero attached hydrogens (tertiary/aromatic N) is 1. The summed E-state index contributed by atoms with van der Waals surface area (Å²) in [5.41, 5.74) is 1.33. The molecule has 0 radical (unpaired) electrons. The van der Waals surface area contributed by atoms with Crippen LogP contribution < -0.4 is 10.2 Å². The molecule has 1 aliphatic heterocycles. The zero-order valence-corrected chi connectivity index (χ0v) is 10.5. The van der Waals surface area contributed by atoms with Crippen LogP contribution in [-0.2, 0) is 0 Å². The summed E-state index contributed by atoms with van der Waals surface area (Å²) in [6.45, 7) is 4.55. The van der Waals surface area contributed by atoms with E-state index in [0.29, 0.717) is 0 Å². The van der Waals surface area contributed by atoms with Crippen LogP contribution in [0.4, 0.5) is 5.69 Å². The lowest BCUT2D eigenvalue weighted by Crippen LogP contribution is -2.36. The van der Waals surface area contributed by atoms with Crippen LogP contribution in [0.1, 0.15) is 12.8 Å². The van der Waals surface area contributed by atoms with E-state index in [2.05, 4.69) is 50.4 Å². The second-order valence-electron chi connectivity index (χ2n) is 3.92. The van der Waals surface area contributed by atoms with Crippen molar-refractivity contribution in [3.63, 3.8) is 0 Å². The van der Waals surface area contributed by atoms with Gasteiger partial charge in [0.15, 0.2) is 0 Å². The van der Waals surface area contributed by atoms with Crippen molar-refractivity contribution in [1.29, 1.82) is 0 Å². The van der Waals surface area contributed by atoms with Crippen LogP contribution in [0.25, 0.3) is 0 Å². The number of nitrogens with one attached hydrogen (secondary N) is 1. The van der Waals surface area contributed by atoms with Crippen molar-refractivity contribution in [3.05, 3.63) is 28.7 Å². The Hall–Kier alpha value is -0.540. The maximum absolute atomic E-state index is 3.52. The number of halogens is 1. The van der Waals surface area contributed by atoms with E-state index in [9.17, 15) is 0 Å². The van der Waals surface area contributed by atoms with Crippen LogP contribution in [-0.4, -0.2) is 26.2 Å². The van der Waals surface area contributed by atoms with Crippen LogP contribution in [0.5, 0.6) is 0 Å². The van der Waals surface area contributed by atoms with Crippen molar-refractivity contribution in [3.8, 4) is 0 Å². The average Bonchev–Trinajstić information content (AvgIpc) is 2.16. The van der Waals surface area contributed by atoms with Crippen molar-refractivity contribution in [2.24, 2.45) is 0 Å². The van der Waals surface area contributed by atoms with E-state index in [1.807, 2.05) is 0 Å². The van der Waals surface area contributed by atoms with Crippen molar-refractivity contribution < 1.29 is 0 Å². The molecule has 0 aliphatic carbocycles. The van der Waals surface area contributed by atoms with E-state index in [4.69, 9.17) is 0 Å². The van der Waals surface area contributed by atoms with E-state index >= 15 is 0 Å². The molecule has 0 bridgehead atoms. The molecule has 0 atom stereocenters. The fourth-order valence-corrected chi connectivity index (χ4v) is 2.32. The van der Waals surface area contributed by atoms with E-state index < -0.39 is 0 Å². The lowest BCUT2D eigenvalue weighted by molar-refractivity contribution is 0.567. The minimum atomic E-state index is 1.09. The van der Waals surface area contributed by atoms with Gasteiger partial charge in [0, 0.05) is 29.8 Å². The molecule has 2 rings (SSSR count). The summed E-state index contributed by atoms with van der Waals surface area (Å²) < 4.78 is 1.16. The average molecular weight is 269 g/mol. The molecule has 1 aliphatic rings. The van der Waals surface area contributed by atoms with Gasteiger partial charge in [0.1, 0.15) is 0 Å². The van der Waals surface area contributed by atoms with Gasteiger partial charge >= 0.3 is 0 Å². The van der Waals surface area contributed by atoms with Gasteiger partial charge in [0.05, 0.1) is 0 Å². The highest BCUT2D eigenvalue weighted by atomic mass is 79.9. The quantitative estimate of drug-likeness (QED) is 0.843.